The van der Waals surface area contributed by atoms with Crippen LogP contribution in [-0.2, 0) is 4.74 Å². The fraction of sp³-hybridized carbons (Fsp3) is 0.562. The number of nitrogens with zero attached hydrogens (tertiary/aromatic N) is 2. The normalized spacial score (nSPS) is 19.7. The van der Waals surface area contributed by atoms with Gasteiger partial charge in [-0.3, -0.25) is 9.38 Å². The lowest BCUT2D eigenvalue weighted by atomic mass is 10.0. The SMILES string of the molecule is CN=C(NCCCF)N1CCOC(c2ccccc2C)C1. The van der Waals surface area contributed by atoms with Gasteiger partial charge in [0, 0.05) is 20.1 Å². The molecule has 116 valence electrons. The van der Waals surface area contributed by atoms with Gasteiger partial charge in [-0.05, 0) is 24.5 Å². The van der Waals surface area contributed by atoms with Crippen LogP contribution >= 0.6 is 0 Å². The topological polar surface area (TPSA) is 36.9 Å². The summed E-state index contributed by atoms with van der Waals surface area (Å²) in [5.74, 6) is 0.824. The predicted octanol–water partition coefficient (Wildman–Crippen LogP) is 2.30. The third kappa shape index (κ3) is 4.17. The number of hydrogen-bond donors (Lipinski definition) is 1. The standard InChI is InChI=1S/C16H24FN3O/c1-13-6-3-4-7-14(13)15-12-20(10-11-21-15)16(18-2)19-9-5-8-17/h3-4,6-7,15H,5,8-12H2,1-2H3,(H,18,19). The molecule has 0 radical (unpaired) electrons. The van der Waals surface area contributed by atoms with E-state index in [4.69, 9.17) is 4.74 Å². The predicted molar refractivity (Wildman–Crippen MR) is 83.4 cm³/mol. The summed E-state index contributed by atoms with van der Waals surface area (Å²) in [7, 11) is 1.76. The van der Waals surface area contributed by atoms with Crippen LogP contribution in [0.3, 0.4) is 0 Å². The van der Waals surface area contributed by atoms with Crippen LogP contribution in [0.25, 0.3) is 0 Å². The maximum Gasteiger partial charge on any atom is 0.193 e. The van der Waals surface area contributed by atoms with Gasteiger partial charge in [0.05, 0.1) is 19.8 Å². The third-order valence-corrected chi connectivity index (χ3v) is 3.71. The van der Waals surface area contributed by atoms with Crippen LogP contribution in [0.1, 0.15) is 23.7 Å². The Bertz CT molecular complexity index is 478. The van der Waals surface area contributed by atoms with Gasteiger partial charge in [-0.1, -0.05) is 24.3 Å². The molecule has 1 aliphatic heterocycles. The molecule has 0 amide bonds. The number of benzene rings is 1. The molecule has 0 saturated carbocycles. The van der Waals surface area contributed by atoms with E-state index in [-0.39, 0.29) is 12.8 Å². The first-order valence-corrected chi connectivity index (χ1v) is 7.45. The summed E-state index contributed by atoms with van der Waals surface area (Å²) < 4.78 is 18.1. The van der Waals surface area contributed by atoms with Gasteiger partial charge in [-0.2, -0.15) is 0 Å². The van der Waals surface area contributed by atoms with E-state index in [9.17, 15) is 4.39 Å². The summed E-state index contributed by atoms with van der Waals surface area (Å²) in [4.78, 5) is 6.47. The number of alkyl halides is 1. The molecule has 0 spiro atoms. The number of aliphatic imine (C=N–C) groups is 1. The van der Waals surface area contributed by atoms with Crippen molar-refractivity contribution < 1.29 is 9.13 Å². The second-order valence-corrected chi connectivity index (χ2v) is 5.18. The summed E-state index contributed by atoms with van der Waals surface area (Å²) >= 11 is 0. The van der Waals surface area contributed by atoms with Crippen molar-refractivity contribution in [3.8, 4) is 0 Å². The van der Waals surface area contributed by atoms with Gasteiger partial charge < -0.3 is 15.0 Å². The first-order valence-electron chi connectivity index (χ1n) is 7.45. The third-order valence-electron chi connectivity index (χ3n) is 3.71. The molecular weight excluding hydrogens is 269 g/mol. The van der Waals surface area contributed by atoms with Crippen LogP contribution in [0.15, 0.2) is 29.3 Å². The van der Waals surface area contributed by atoms with E-state index in [2.05, 4.69) is 34.3 Å². The molecule has 1 unspecified atom stereocenters. The Hall–Kier alpha value is -1.62. The van der Waals surface area contributed by atoms with Crippen molar-refractivity contribution in [2.75, 3.05) is 40.0 Å². The second-order valence-electron chi connectivity index (χ2n) is 5.18. The minimum absolute atomic E-state index is 0.0553. The fourth-order valence-electron chi connectivity index (χ4n) is 2.58. The lowest BCUT2D eigenvalue weighted by molar-refractivity contribution is -0.00831. The van der Waals surface area contributed by atoms with Crippen molar-refractivity contribution >= 4 is 5.96 Å². The van der Waals surface area contributed by atoms with Crippen molar-refractivity contribution in [1.29, 1.82) is 0 Å². The highest BCUT2D eigenvalue weighted by Crippen LogP contribution is 2.24. The quantitative estimate of drug-likeness (QED) is 0.526. The van der Waals surface area contributed by atoms with Gasteiger partial charge in [0.2, 0.25) is 0 Å². The summed E-state index contributed by atoms with van der Waals surface area (Å²) in [6.45, 7) is 4.64. The molecule has 1 aromatic carbocycles. The van der Waals surface area contributed by atoms with Gasteiger partial charge in [0.15, 0.2) is 5.96 Å². The molecule has 0 aliphatic carbocycles. The Labute approximate surface area is 126 Å². The molecule has 1 fully saturated rings. The smallest absolute Gasteiger partial charge is 0.193 e. The average molecular weight is 293 g/mol. The zero-order valence-electron chi connectivity index (χ0n) is 12.8. The van der Waals surface area contributed by atoms with Crippen LogP contribution in [0.2, 0.25) is 0 Å². The van der Waals surface area contributed by atoms with Crippen molar-refractivity contribution in [3.05, 3.63) is 35.4 Å². The van der Waals surface area contributed by atoms with E-state index in [1.807, 2.05) is 12.1 Å². The minimum Gasteiger partial charge on any atom is -0.370 e. The molecule has 21 heavy (non-hydrogen) atoms. The largest absolute Gasteiger partial charge is 0.370 e. The number of morpholine rings is 1. The molecule has 2 rings (SSSR count). The molecule has 1 aliphatic rings. The van der Waals surface area contributed by atoms with E-state index in [0.29, 0.717) is 19.6 Å². The van der Waals surface area contributed by atoms with Crippen LogP contribution in [0.4, 0.5) is 4.39 Å². The van der Waals surface area contributed by atoms with Crippen LogP contribution < -0.4 is 5.32 Å². The number of rotatable bonds is 4. The van der Waals surface area contributed by atoms with Crippen LogP contribution in [-0.4, -0.2) is 50.8 Å². The number of halogens is 1. The number of guanidine groups is 1. The van der Waals surface area contributed by atoms with Crippen LogP contribution in [0.5, 0.6) is 0 Å². The number of aryl methyl sites for hydroxylation is 1. The summed E-state index contributed by atoms with van der Waals surface area (Å²) in [5.41, 5.74) is 2.46. The highest BCUT2D eigenvalue weighted by Gasteiger charge is 2.24. The minimum atomic E-state index is -0.307. The van der Waals surface area contributed by atoms with Crippen LogP contribution in [0, 0.1) is 6.92 Å². The monoisotopic (exact) mass is 293 g/mol. The number of ether oxygens (including phenoxy) is 1. The Morgan fingerprint density at radius 2 is 2.29 bits per heavy atom. The molecular formula is C16H24FN3O. The highest BCUT2D eigenvalue weighted by molar-refractivity contribution is 5.80. The number of nitrogens with one attached hydrogen (secondary N) is 1. The zero-order valence-corrected chi connectivity index (χ0v) is 12.8. The Kier molecular flexibility index (Phi) is 5.99. The van der Waals surface area contributed by atoms with Gasteiger partial charge in [-0.25, -0.2) is 0 Å². The maximum atomic E-state index is 12.2. The van der Waals surface area contributed by atoms with Crippen molar-refractivity contribution in [2.24, 2.45) is 4.99 Å². The number of hydrogen-bond acceptors (Lipinski definition) is 2. The first-order chi connectivity index (χ1) is 10.3. The van der Waals surface area contributed by atoms with Crippen molar-refractivity contribution in [1.82, 2.24) is 10.2 Å². The van der Waals surface area contributed by atoms with Gasteiger partial charge in [0.25, 0.3) is 0 Å². The molecule has 5 heteroatoms. The fourth-order valence-corrected chi connectivity index (χ4v) is 2.58. The Morgan fingerprint density at radius 1 is 1.48 bits per heavy atom. The molecule has 4 nitrogen and oxygen atoms in total. The van der Waals surface area contributed by atoms with E-state index < -0.39 is 0 Å². The molecule has 1 N–H and O–H groups in total. The zero-order chi connectivity index (χ0) is 15.1. The van der Waals surface area contributed by atoms with E-state index in [0.717, 1.165) is 19.0 Å². The van der Waals surface area contributed by atoms with Gasteiger partial charge in [-0.15, -0.1) is 0 Å². The molecule has 0 aromatic heterocycles. The average Bonchev–Trinajstić information content (AvgIpc) is 2.52. The van der Waals surface area contributed by atoms with E-state index in [1.54, 1.807) is 7.05 Å². The molecule has 1 saturated heterocycles. The van der Waals surface area contributed by atoms with Crippen molar-refractivity contribution in [3.63, 3.8) is 0 Å². The molecule has 1 aromatic rings. The summed E-state index contributed by atoms with van der Waals surface area (Å²) in [6.07, 6.45) is 0.560. The Balaban J connectivity index is 2.01. The Morgan fingerprint density at radius 3 is 3.00 bits per heavy atom. The highest BCUT2D eigenvalue weighted by atomic mass is 19.1. The van der Waals surface area contributed by atoms with Crippen molar-refractivity contribution in [2.45, 2.75) is 19.4 Å². The lowest BCUT2D eigenvalue weighted by Crippen LogP contribution is -2.48. The first kappa shape index (κ1) is 15.8. The van der Waals surface area contributed by atoms with Gasteiger partial charge in [0.1, 0.15) is 6.10 Å². The summed E-state index contributed by atoms with van der Waals surface area (Å²) in [6, 6.07) is 8.30. The van der Waals surface area contributed by atoms with E-state index in [1.165, 1.54) is 11.1 Å². The summed E-state index contributed by atoms with van der Waals surface area (Å²) in [5, 5.41) is 3.21. The molecule has 1 heterocycles. The molecule has 1 atom stereocenters. The van der Waals surface area contributed by atoms with Gasteiger partial charge >= 0.3 is 0 Å². The molecule has 0 bridgehead atoms. The van der Waals surface area contributed by atoms with E-state index >= 15 is 0 Å². The second kappa shape index (κ2) is 7.98. The lowest BCUT2D eigenvalue weighted by Gasteiger charge is -2.35. The maximum absolute atomic E-state index is 12.2.